The van der Waals surface area contributed by atoms with Gasteiger partial charge in [-0.15, -0.1) is 11.8 Å². The normalized spacial score (nSPS) is 18.8. The van der Waals surface area contributed by atoms with Crippen LogP contribution in [0.1, 0.15) is 5.56 Å². The maximum Gasteiger partial charge on any atom is 0.261 e. The SMILES string of the molecule is Cc1cc(Cl)ccc1NS(=O)(=O)c1ccc2c(c1)NC(=O)[C@H](C(=O)N1CCOCC1)S2. The predicted molar refractivity (Wildman–Crippen MR) is 119 cm³/mol. The number of aryl methyl sites for hydroxylation is 1. The van der Waals surface area contributed by atoms with Crippen LogP contribution in [0.4, 0.5) is 11.4 Å². The lowest BCUT2D eigenvalue weighted by Crippen LogP contribution is -2.49. The van der Waals surface area contributed by atoms with Crippen LogP contribution in [0, 0.1) is 6.92 Å². The van der Waals surface area contributed by atoms with Crippen molar-refractivity contribution in [1.29, 1.82) is 0 Å². The summed E-state index contributed by atoms with van der Waals surface area (Å²) in [7, 11) is -3.89. The Kier molecular flexibility index (Phi) is 6.16. The largest absolute Gasteiger partial charge is 0.378 e. The molecule has 31 heavy (non-hydrogen) atoms. The van der Waals surface area contributed by atoms with Gasteiger partial charge in [0.05, 0.1) is 29.5 Å². The van der Waals surface area contributed by atoms with E-state index in [0.29, 0.717) is 53.2 Å². The lowest BCUT2D eigenvalue weighted by molar-refractivity contribution is -0.137. The number of thioether (sulfide) groups is 1. The van der Waals surface area contributed by atoms with E-state index >= 15 is 0 Å². The minimum absolute atomic E-state index is 0.000504. The zero-order chi connectivity index (χ0) is 22.2. The number of nitrogens with zero attached hydrogens (tertiary/aromatic N) is 1. The lowest BCUT2D eigenvalue weighted by atomic mass is 10.2. The van der Waals surface area contributed by atoms with Crippen molar-refractivity contribution >= 4 is 56.6 Å². The van der Waals surface area contributed by atoms with Crippen molar-refractivity contribution in [2.75, 3.05) is 36.3 Å². The number of anilines is 2. The molecule has 2 aromatic carbocycles. The lowest BCUT2D eigenvalue weighted by Gasteiger charge is -2.31. The smallest absolute Gasteiger partial charge is 0.261 e. The van der Waals surface area contributed by atoms with E-state index in [2.05, 4.69) is 10.0 Å². The number of morpholine rings is 1. The van der Waals surface area contributed by atoms with Gasteiger partial charge < -0.3 is 15.0 Å². The molecule has 4 rings (SSSR count). The summed E-state index contributed by atoms with van der Waals surface area (Å²) in [6.45, 7) is 3.54. The van der Waals surface area contributed by atoms with Gasteiger partial charge in [0.25, 0.3) is 10.0 Å². The molecule has 8 nitrogen and oxygen atoms in total. The van der Waals surface area contributed by atoms with Gasteiger partial charge in [-0.2, -0.15) is 0 Å². The van der Waals surface area contributed by atoms with Crippen molar-refractivity contribution in [3.63, 3.8) is 0 Å². The number of hydrogen-bond acceptors (Lipinski definition) is 6. The molecule has 0 bridgehead atoms. The van der Waals surface area contributed by atoms with Crippen LogP contribution in [0.2, 0.25) is 5.02 Å². The van der Waals surface area contributed by atoms with Crippen LogP contribution in [0.3, 0.4) is 0 Å². The highest BCUT2D eigenvalue weighted by Crippen LogP contribution is 2.38. The fourth-order valence-electron chi connectivity index (χ4n) is 3.31. The molecular formula is C20H20ClN3O5S2. The van der Waals surface area contributed by atoms with Gasteiger partial charge in [-0.05, 0) is 48.9 Å². The number of sulfonamides is 1. The van der Waals surface area contributed by atoms with Gasteiger partial charge in [-0.3, -0.25) is 14.3 Å². The molecule has 2 N–H and O–H groups in total. The Balaban J connectivity index is 1.54. The number of fused-ring (bicyclic) bond motifs is 1. The molecule has 2 aliphatic rings. The summed E-state index contributed by atoms with van der Waals surface area (Å²) >= 11 is 7.05. The van der Waals surface area contributed by atoms with Crippen LogP contribution >= 0.6 is 23.4 Å². The summed E-state index contributed by atoms with van der Waals surface area (Å²) in [5.74, 6) is -0.738. The molecule has 0 aromatic heterocycles. The number of hydrogen-bond donors (Lipinski definition) is 2. The molecule has 0 unspecified atom stereocenters. The Morgan fingerprint density at radius 2 is 1.97 bits per heavy atom. The highest BCUT2D eigenvalue weighted by molar-refractivity contribution is 8.01. The van der Waals surface area contributed by atoms with Crippen molar-refractivity contribution < 1.29 is 22.7 Å². The van der Waals surface area contributed by atoms with E-state index in [1.807, 2.05) is 0 Å². The molecule has 1 fully saturated rings. The van der Waals surface area contributed by atoms with Gasteiger partial charge in [0.15, 0.2) is 5.25 Å². The van der Waals surface area contributed by atoms with Crippen molar-refractivity contribution in [3.8, 4) is 0 Å². The second kappa shape index (κ2) is 8.70. The van der Waals surface area contributed by atoms with E-state index in [4.69, 9.17) is 16.3 Å². The summed E-state index contributed by atoms with van der Waals surface area (Å²) in [5, 5.41) is 2.27. The number of carbonyl (C=O) groups is 2. The van der Waals surface area contributed by atoms with Gasteiger partial charge in [-0.1, -0.05) is 11.6 Å². The third-order valence-corrected chi connectivity index (χ3v) is 7.84. The molecule has 2 aromatic rings. The van der Waals surface area contributed by atoms with Crippen LogP contribution < -0.4 is 10.0 Å². The molecule has 164 valence electrons. The van der Waals surface area contributed by atoms with Gasteiger partial charge in [-0.25, -0.2) is 8.42 Å². The van der Waals surface area contributed by atoms with E-state index in [0.717, 1.165) is 11.8 Å². The number of nitrogens with one attached hydrogen (secondary N) is 2. The van der Waals surface area contributed by atoms with Crippen LogP contribution in [0.15, 0.2) is 46.2 Å². The topological polar surface area (TPSA) is 105 Å². The van der Waals surface area contributed by atoms with Gasteiger partial charge in [0.1, 0.15) is 0 Å². The average molecular weight is 482 g/mol. The molecule has 2 heterocycles. The number of benzene rings is 2. The molecule has 0 aliphatic carbocycles. The van der Waals surface area contributed by atoms with Crippen LogP contribution in [0.25, 0.3) is 0 Å². The molecule has 2 amide bonds. The molecular weight excluding hydrogens is 462 g/mol. The average Bonchev–Trinajstić information content (AvgIpc) is 2.75. The number of carbonyl (C=O) groups excluding carboxylic acids is 2. The molecule has 11 heteroatoms. The molecule has 0 saturated carbocycles. The second-order valence-corrected chi connectivity index (χ2v) is 10.4. The summed E-state index contributed by atoms with van der Waals surface area (Å²) in [6.07, 6.45) is 0. The molecule has 0 spiro atoms. The third kappa shape index (κ3) is 4.67. The minimum Gasteiger partial charge on any atom is -0.378 e. The van der Waals surface area contributed by atoms with E-state index in [1.54, 1.807) is 36.1 Å². The first kappa shape index (κ1) is 21.9. The summed E-state index contributed by atoms with van der Waals surface area (Å²) in [6, 6.07) is 9.29. The maximum absolute atomic E-state index is 12.8. The second-order valence-electron chi connectivity index (χ2n) is 7.15. The fraction of sp³-hybridized carbons (Fsp3) is 0.300. The highest BCUT2D eigenvalue weighted by Gasteiger charge is 2.36. The summed E-state index contributed by atoms with van der Waals surface area (Å²) in [4.78, 5) is 27.6. The van der Waals surface area contributed by atoms with E-state index in [-0.39, 0.29) is 10.8 Å². The Morgan fingerprint density at radius 1 is 1.23 bits per heavy atom. The highest BCUT2D eigenvalue weighted by atomic mass is 35.5. The number of ether oxygens (including phenoxy) is 1. The first-order valence-corrected chi connectivity index (χ1v) is 12.3. The van der Waals surface area contributed by atoms with E-state index < -0.39 is 21.2 Å². The van der Waals surface area contributed by atoms with Crippen molar-refractivity contribution in [2.45, 2.75) is 22.0 Å². The van der Waals surface area contributed by atoms with Crippen LogP contribution in [-0.2, 0) is 24.3 Å². The van der Waals surface area contributed by atoms with Gasteiger partial charge in [0, 0.05) is 23.0 Å². The Morgan fingerprint density at radius 3 is 2.68 bits per heavy atom. The number of rotatable bonds is 4. The van der Waals surface area contributed by atoms with E-state index in [9.17, 15) is 18.0 Å². The monoisotopic (exact) mass is 481 g/mol. The van der Waals surface area contributed by atoms with Gasteiger partial charge in [0.2, 0.25) is 11.8 Å². The third-order valence-electron chi connectivity index (χ3n) is 4.98. The molecule has 0 radical (unpaired) electrons. The number of amides is 2. The quantitative estimate of drug-likeness (QED) is 0.650. The van der Waals surface area contributed by atoms with Crippen LogP contribution in [-0.4, -0.2) is 56.7 Å². The van der Waals surface area contributed by atoms with Crippen molar-refractivity contribution in [1.82, 2.24) is 4.90 Å². The predicted octanol–water partition coefficient (Wildman–Crippen LogP) is 2.72. The first-order valence-electron chi connectivity index (χ1n) is 9.52. The Hall–Kier alpha value is -2.27. The zero-order valence-electron chi connectivity index (χ0n) is 16.6. The molecule has 2 aliphatic heterocycles. The molecule has 1 saturated heterocycles. The zero-order valence-corrected chi connectivity index (χ0v) is 18.9. The fourth-order valence-corrected chi connectivity index (χ4v) is 5.75. The minimum atomic E-state index is -3.89. The summed E-state index contributed by atoms with van der Waals surface area (Å²) < 4.78 is 33.5. The molecule has 1 atom stereocenters. The maximum atomic E-state index is 12.8. The number of halogens is 1. The first-order chi connectivity index (χ1) is 14.7. The summed E-state index contributed by atoms with van der Waals surface area (Å²) in [5.41, 5.74) is 1.45. The van der Waals surface area contributed by atoms with Gasteiger partial charge >= 0.3 is 0 Å². The Labute approximate surface area is 189 Å². The standard InChI is InChI=1S/C20H20ClN3O5S2/c1-12-10-13(21)2-4-15(12)23-31(27,28)14-3-5-17-16(11-14)22-19(25)18(30-17)20(26)24-6-8-29-9-7-24/h2-5,10-11,18,23H,6-9H2,1H3,(H,22,25)/t18-/m1/s1. The van der Waals surface area contributed by atoms with E-state index in [1.165, 1.54) is 12.1 Å². The van der Waals surface area contributed by atoms with Crippen LogP contribution in [0.5, 0.6) is 0 Å². The van der Waals surface area contributed by atoms with Crippen molar-refractivity contribution in [3.05, 3.63) is 47.0 Å². The van der Waals surface area contributed by atoms with Crippen molar-refractivity contribution in [2.24, 2.45) is 0 Å². The Bertz CT molecular complexity index is 1150.